The highest BCUT2D eigenvalue weighted by Gasteiger charge is 2.05. The third kappa shape index (κ3) is 6.86. The van der Waals surface area contributed by atoms with Gasteiger partial charge in [0.05, 0.1) is 0 Å². The van der Waals surface area contributed by atoms with Gasteiger partial charge >= 0.3 is 0 Å². The van der Waals surface area contributed by atoms with E-state index in [9.17, 15) is 4.79 Å². The zero-order chi connectivity index (χ0) is 18.1. The van der Waals surface area contributed by atoms with E-state index in [-0.39, 0.29) is 35.8 Å². The summed E-state index contributed by atoms with van der Waals surface area (Å²) in [5.74, 6) is 0.863. The monoisotopic (exact) mass is 471 g/mol. The van der Waals surface area contributed by atoms with Gasteiger partial charge in [-0.05, 0) is 25.0 Å². The van der Waals surface area contributed by atoms with Gasteiger partial charge in [-0.3, -0.25) is 9.79 Å². The predicted octanol–water partition coefficient (Wildman–Crippen LogP) is 2.66. The van der Waals surface area contributed by atoms with Crippen molar-refractivity contribution in [2.24, 2.45) is 10.9 Å². The second kappa shape index (κ2) is 11.8. The van der Waals surface area contributed by atoms with Gasteiger partial charge in [-0.2, -0.15) is 0 Å². The minimum atomic E-state index is 0. The Morgan fingerprint density at radius 1 is 1.15 bits per heavy atom. The van der Waals surface area contributed by atoms with Crippen LogP contribution in [0.4, 0.5) is 0 Å². The number of fused-ring (bicyclic) bond motifs is 1. The average molecular weight is 471 g/mol. The molecule has 4 N–H and O–H groups in total. The van der Waals surface area contributed by atoms with Crippen LogP contribution in [0.1, 0.15) is 26.3 Å². The van der Waals surface area contributed by atoms with Crippen molar-refractivity contribution in [3.05, 3.63) is 36.0 Å². The molecule has 0 unspecified atom stereocenters. The van der Waals surface area contributed by atoms with Gasteiger partial charge in [0, 0.05) is 49.2 Å². The van der Waals surface area contributed by atoms with E-state index in [2.05, 4.69) is 50.3 Å². The number of halogens is 1. The van der Waals surface area contributed by atoms with Gasteiger partial charge < -0.3 is 20.9 Å². The fraction of sp³-hybridized carbons (Fsp3) is 0.474. The lowest BCUT2D eigenvalue weighted by Crippen LogP contribution is -2.42. The van der Waals surface area contributed by atoms with Gasteiger partial charge in [0.15, 0.2) is 5.96 Å². The largest absolute Gasteiger partial charge is 0.361 e. The molecule has 1 amide bonds. The first-order valence-corrected chi connectivity index (χ1v) is 8.96. The van der Waals surface area contributed by atoms with Crippen LogP contribution in [0, 0.1) is 5.92 Å². The molecule has 0 saturated carbocycles. The van der Waals surface area contributed by atoms with Crippen molar-refractivity contribution < 1.29 is 4.79 Å². The van der Waals surface area contributed by atoms with Gasteiger partial charge in [-0.15, -0.1) is 24.0 Å². The molecule has 1 aromatic heterocycles. The maximum absolute atomic E-state index is 11.5. The number of hydrogen-bond acceptors (Lipinski definition) is 2. The van der Waals surface area contributed by atoms with Crippen LogP contribution in [0.3, 0.4) is 0 Å². The summed E-state index contributed by atoms with van der Waals surface area (Å²) in [5.41, 5.74) is 2.44. The van der Waals surface area contributed by atoms with Crippen molar-refractivity contribution in [3.63, 3.8) is 0 Å². The van der Waals surface area contributed by atoms with Crippen molar-refractivity contribution >= 4 is 46.7 Å². The van der Waals surface area contributed by atoms with E-state index in [4.69, 9.17) is 0 Å². The summed E-state index contributed by atoms with van der Waals surface area (Å²) in [6.07, 6.45) is 2.94. The number of amides is 1. The van der Waals surface area contributed by atoms with Gasteiger partial charge in [-0.25, -0.2) is 0 Å². The van der Waals surface area contributed by atoms with Crippen LogP contribution in [0.2, 0.25) is 0 Å². The highest BCUT2D eigenvalue weighted by Crippen LogP contribution is 2.17. The molecule has 0 bridgehead atoms. The van der Waals surface area contributed by atoms with Gasteiger partial charge in [-0.1, -0.05) is 32.0 Å². The van der Waals surface area contributed by atoms with Crippen LogP contribution in [0.25, 0.3) is 10.9 Å². The van der Waals surface area contributed by atoms with E-state index >= 15 is 0 Å². The van der Waals surface area contributed by atoms with Gasteiger partial charge in [0.25, 0.3) is 0 Å². The molecule has 0 aliphatic heterocycles. The number of nitrogens with one attached hydrogen (secondary N) is 4. The molecular formula is C19H30IN5O. The van der Waals surface area contributed by atoms with Gasteiger partial charge in [0.2, 0.25) is 5.91 Å². The number of aliphatic imine (C=N–C) groups is 1. The molecule has 0 aliphatic rings. The second-order valence-electron chi connectivity index (χ2n) is 6.24. The number of carbonyl (C=O) groups is 1. The van der Waals surface area contributed by atoms with E-state index in [0.29, 0.717) is 19.6 Å². The number of para-hydroxylation sites is 1. The Balaban J connectivity index is 0.00000338. The first-order chi connectivity index (χ1) is 12.1. The molecule has 2 rings (SSSR count). The van der Waals surface area contributed by atoms with Crippen molar-refractivity contribution in [2.45, 2.75) is 27.2 Å². The van der Waals surface area contributed by atoms with Crippen molar-refractivity contribution in [1.82, 2.24) is 20.9 Å². The number of benzene rings is 1. The predicted molar refractivity (Wildman–Crippen MR) is 119 cm³/mol. The van der Waals surface area contributed by atoms with E-state index in [1.807, 2.05) is 26.8 Å². The number of aromatic nitrogens is 1. The molecule has 1 heterocycles. The minimum absolute atomic E-state index is 0. The molecular weight excluding hydrogens is 441 g/mol. The smallest absolute Gasteiger partial charge is 0.222 e. The summed E-state index contributed by atoms with van der Waals surface area (Å²) >= 11 is 0. The summed E-state index contributed by atoms with van der Waals surface area (Å²) < 4.78 is 0. The number of rotatable bonds is 8. The standard InChI is InChI=1S/C19H29N5O.HI/c1-4-20-19(23-12-11-21-18(25)14(2)3)22-10-9-15-13-24-17-8-6-5-7-16(15)17;/h5-8,13-14,24H,4,9-12H2,1-3H3,(H,21,25)(H2,20,22,23);1H. The van der Waals surface area contributed by atoms with Crippen molar-refractivity contribution in [1.29, 1.82) is 0 Å². The molecule has 6 nitrogen and oxygen atoms in total. The fourth-order valence-corrected chi connectivity index (χ4v) is 2.54. The fourth-order valence-electron chi connectivity index (χ4n) is 2.54. The van der Waals surface area contributed by atoms with E-state index in [1.54, 1.807) is 0 Å². The topological polar surface area (TPSA) is 81.3 Å². The quantitative estimate of drug-likeness (QED) is 0.207. The van der Waals surface area contributed by atoms with Crippen LogP contribution in [0.5, 0.6) is 0 Å². The van der Waals surface area contributed by atoms with Crippen LogP contribution < -0.4 is 16.0 Å². The average Bonchev–Trinajstić information content (AvgIpc) is 3.01. The third-order valence-corrected chi connectivity index (χ3v) is 3.91. The number of guanidine groups is 1. The number of hydrogen-bond donors (Lipinski definition) is 4. The third-order valence-electron chi connectivity index (χ3n) is 3.91. The van der Waals surface area contributed by atoms with Crippen LogP contribution in [-0.4, -0.2) is 43.0 Å². The van der Waals surface area contributed by atoms with Crippen molar-refractivity contribution in [2.75, 3.05) is 26.2 Å². The maximum Gasteiger partial charge on any atom is 0.222 e. The summed E-state index contributed by atoms with van der Waals surface area (Å²) in [7, 11) is 0. The first kappa shape index (κ1) is 22.3. The molecule has 0 atom stereocenters. The minimum Gasteiger partial charge on any atom is -0.361 e. The molecule has 0 spiro atoms. The Bertz CT molecular complexity index is 711. The Morgan fingerprint density at radius 3 is 2.62 bits per heavy atom. The number of carbonyl (C=O) groups excluding carboxylic acids is 1. The Kier molecular flexibility index (Phi) is 10.1. The van der Waals surface area contributed by atoms with Crippen molar-refractivity contribution in [3.8, 4) is 0 Å². The maximum atomic E-state index is 11.5. The molecule has 0 radical (unpaired) electrons. The van der Waals surface area contributed by atoms with E-state index in [0.717, 1.165) is 24.4 Å². The normalized spacial score (nSPS) is 11.3. The van der Waals surface area contributed by atoms with Crippen LogP contribution in [0.15, 0.2) is 35.5 Å². The number of H-pyrrole nitrogens is 1. The lowest BCUT2D eigenvalue weighted by Gasteiger charge is -2.12. The van der Waals surface area contributed by atoms with E-state index < -0.39 is 0 Å². The van der Waals surface area contributed by atoms with Crippen LogP contribution in [-0.2, 0) is 11.2 Å². The summed E-state index contributed by atoms with van der Waals surface area (Å²) in [4.78, 5) is 19.4. The molecule has 1 aromatic carbocycles. The van der Waals surface area contributed by atoms with E-state index in [1.165, 1.54) is 10.9 Å². The summed E-state index contributed by atoms with van der Waals surface area (Å²) in [6, 6.07) is 8.30. The first-order valence-electron chi connectivity index (χ1n) is 8.96. The highest BCUT2D eigenvalue weighted by atomic mass is 127. The summed E-state index contributed by atoms with van der Waals surface area (Å²) in [5, 5.41) is 10.6. The molecule has 0 aliphatic carbocycles. The Labute approximate surface area is 172 Å². The van der Waals surface area contributed by atoms with Crippen LogP contribution >= 0.6 is 24.0 Å². The molecule has 144 valence electrons. The van der Waals surface area contributed by atoms with Gasteiger partial charge in [0.1, 0.15) is 0 Å². The SMILES string of the molecule is CCNC(=NCCc1c[nH]c2ccccc12)NCCNC(=O)C(C)C.I. The zero-order valence-electron chi connectivity index (χ0n) is 15.8. The molecule has 7 heteroatoms. The summed E-state index contributed by atoms with van der Waals surface area (Å²) in [6.45, 7) is 8.56. The lowest BCUT2D eigenvalue weighted by atomic mass is 10.1. The Hall–Kier alpha value is -1.77. The molecule has 0 saturated heterocycles. The molecule has 2 aromatic rings. The number of nitrogens with zero attached hydrogens (tertiary/aromatic N) is 1. The molecule has 26 heavy (non-hydrogen) atoms. The highest BCUT2D eigenvalue weighted by molar-refractivity contribution is 14.0. The molecule has 0 fully saturated rings. The Morgan fingerprint density at radius 2 is 1.88 bits per heavy atom. The second-order valence-corrected chi connectivity index (χ2v) is 6.24. The number of aromatic amines is 1. The zero-order valence-corrected chi connectivity index (χ0v) is 18.1. The lowest BCUT2D eigenvalue weighted by molar-refractivity contribution is -0.123.